The van der Waals surface area contributed by atoms with Crippen molar-refractivity contribution >= 4 is 23.3 Å². The second kappa shape index (κ2) is 9.20. The average Bonchev–Trinajstić information content (AvgIpc) is 2.95. The monoisotopic (exact) mass is 402 g/mol. The number of hydrogen-bond donors (Lipinski definition) is 1. The number of amides is 2. The fourth-order valence-electron chi connectivity index (χ4n) is 3.63. The molecule has 1 N–H and O–H groups in total. The summed E-state index contributed by atoms with van der Waals surface area (Å²) >= 11 is 6.25. The Hall–Kier alpha value is -2.40. The second-order valence-electron chi connectivity index (χ2n) is 7.09. The fraction of sp³-hybridized carbons (Fsp3) is 0.409. The number of nitrogens with zero attached hydrogens (tertiary/aromatic N) is 1. The molecule has 3 rings (SSSR count). The van der Waals surface area contributed by atoms with Crippen molar-refractivity contribution in [2.24, 2.45) is 0 Å². The molecule has 150 valence electrons. The van der Waals surface area contributed by atoms with E-state index in [9.17, 15) is 4.79 Å². The smallest absolute Gasteiger partial charge is 0.322 e. The third-order valence-electron chi connectivity index (χ3n) is 5.19. The summed E-state index contributed by atoms with van der Waals surface area (Å²) < 4.78 is 10.6. The quantitative estimate of drug-likeness (QED) is 0.701. The number of halogens is 1. The van der Waals surface area contributed by atoms with Crippen molar-refractivity contribution in [2.45, 2.75) is 38.6 Å². The maximum atomic E-state index is 13.2. The largest absolute Gasteiger partial charge is 0.495 e. The van der Waals surface area contributed by atoms with Gasteiger partial charge in [-0.05, 0) is 31.4 Å². The van der Waals surface area contributed by atoms with Crippen molar-refractivity contribution in [1.29, 1.82) is 0 Å². The van der Waals surface area contributed by atoms with Crippen LogP contribution in [0.2, 0.25) is 5.02 Å². The van der Waals surface area contributed by atoms with Gasteiger partial charge in [0.1, 0.15) is 11.5 Å². The number of likely N-dealkylation sites (tertiary alicyclic amines) is 1. The van der Waals surface area contributed by atoms with Gasteiger partial charge in [-0.15, -0.1) is 0 Å². The molecule has 28 heavy (non-hydrogen) atoms. The molecule has 1 saturated heterocycles. The molecule has 0 spiro atoms. The summed E-state index contributed by atoms with van der Waals surface area (Å²) in [5.41, 5.74) is 2.92. The van der Waals surface area contributed by atoms with E-state index in [0.29, 0.717) is 22.2 Å². The van der Waals surface area contributed by atoms with E-state index in [1.54, 1.807) is 26.4 Å². The number of carbonyl (C=O) groups excluding carboxylic acids is 1. The van der Waals surface area contributed by atoms with Crippen molar-refractivity contribution in [1.82, 2.24) is 4.90 Å². The van der Waals surface area contributed by atoms with E-state index < -0.39 is 0 Å². The molecule has 6 heteroatoms. The van der Waals surface area contributed by atoms with Gasteiger partial charge < -0.3 is 19.7 Å². The molecule has 0 unspecified atom stereocenters. The first-order chi connectivity index (χ1) is 13.5. The molecule has 1 aliphatic rings. The lowest BCUT2D eigenvalue weighted by Crippen LogP contribution is -2.38. The predicted octanol–water partition coefficient (Wildman–Crippen LogP) is 5.81. The molecule has 0 saturated carbocycles. The summed E-state index contributed by atoms with van der Waals surface area (Å²) in [6.45, 7) is 2.79. The van der Waals surface area contributed by atoms with Gasteiger partial charge in [0.05, 0.1) is 31.0 Å². The standard InChI is InChI=1S/C22H27ClN2O3/c1-15-8-10-16(11-9-15)19-7-5-4-6-12-25(19)22(26)24-18-13-17(23)20(27-2)14-21(18)28-3/h8-11,13-14,19H,4-7,12H2,1-3H3,(H,24,26)/t19-/m1/s1. The third kappa shape index (κ3) is 4.53. The van der Waals surface area contributed by atoms with E-state index in [2.05, 4.69) is 36.5 Å². The normalized spacial score (nSPS) is 17.0. The molecule has 2 aromatic rings. The highest BCUT2D eigenvalue weighted by molar-refractivity contribution is 6.32. The molecule has 0 aliphatic carbocycles. The molecular formula is C22H27ClN2O3. The number of methoxy groups -OCH3 is 2. The Morgan fingerprint density at radius 1 is 1.07 bits per heavy atom. The minimum absolute atomic E-state index is 0.0582. The summed E-state index contributed by atoms with van der Waals surface area (Å²) in [6.07, 6.45) is 4.19. The predicted molar refractivity (Wildman–Crippen MR) is 113 cm³/mol. The Morgan fingerprint density at radius 3 is 2.46 bits per heavy atom. The fourth-order valence-corrected chi connectivity index (χ4v) is 3.87. The first-order valence-corrected chi connectivity index (χ1v) is 9.97. The average molecular weight is 403 g/mol. The van der Waals surface area contributed by atoms with E-state index in [4.69, 9.17) is 21.1 Å². The topological polar surface area (TPSA) is 50.8 Å². The summed E-state index contributed by atoms with van der Waals surface area (Å²) in [5.74, 6) is 1.01. The van der Waals surface area contributed by atoms with Crippen LogP contribution in [0.1, 0.15) is 42.9 Å². The van der Waals surface area contributed by atoms with Crippen LogP contribution in [0.3, 0.4) is 0 Å². The van der Waals surface area contributed by atoms with Crippen molar-refractivity contribution in [3.63, 3.8) is 0 Å². The number of anilines is 1. The number of benzene rings is 2. The number of ether oxygens (including phenoxy) is 2. The van der Waals surface area contributed by atoms with Crippen LogP contribution in [0, 0.1) is 6.92 Å². The van der Waals surface area contributed by atoms with Crippen LogP contribution in [0.5, 0.6) is 11.5 Å². The van der Waals surface area contributed by atoms with E-state index in [1.165, 1.54) is 11.1 Å². The first-order valence-electron chi connectivity index (χ1n) is 9.59. The van der Waals surface area contributed by atoms with Crippen LogP contribution in [0.4, 0.5) is 10.5 Å². The Labute approximate surface area is 171 Å². The minimum Gasteiger partial charge on any atom is -0.495 e. The number of carbonyl (C=O) groups is 1. The zero-order valence-electron chi connectivity index (χ0n) is 16.6. The number of hydrogen-bond acceptors (Lipinski definition) is 3. The van der Waals surface area contributed by atoms with Crippen molar-refractivity contribution in [2.75, 3.05) is 26.1 Å². The van der Waals surface area contributed by atoms with Crippen LogP contribution >= 0.6 is 11.6 Å². The van der Waals surface area contributed by atoms with Gasteiger partial charge in [-0.2, -0.15) is 0 Å². The van der Waals surface area contributed by atoms with Crippen LogP contribution < -0.4 is 14.8 Å². The molecule has 2 amide bonds. The summed E-state index contributed by atoms with van der Waals surface area (Å²) in [5, 5.41) is 3.41. The molecule has 1 fully saturated rings. The lowest BCUT2D eigenvalue weighted by atomic mass is 10.00. The zero-order valence-corrected chi connectivity index (χ0v) is 17.4. The number of aryl methyl sites for hydroxylation is 1. The molecule has 1 aliphatic heterocycles. The summed E-state index contributed by atoms with van der Waals surface area (Å²) in [7, 11) is 3.10. The van der Waals surface area contributed by atoms with E-state index in [0.717, 1.165) is 32.2 Å². The molecule has 2 aromatic carbocycles. The van der Waals surface area contributed by atoms with Gasteiger partial charge >= 0.3 is 6.03 Å². The summed E-state index contributed by atoms with van der Waals surface area (Å²) in [4.78, 5) is 15.1. The highest BCUT2D eigenvalue weighted by Gasteiger charge is 2.27. The minimum atomic E-state index is -0.146. The lowest BCUT2D eigenvalue weighted by Gasteiger charge is -2.31. The third-order valence-corrected chi connectivity index (χ3v) is 5.49. The molecule has 1 atom stereocenters. The Bertz CT molecular complexity index is 823. The van der Waals surface area contributed by atoms with E-state index >= 15 is 0 Å². The molecule has 0 radical (unpaired) electrons. The van der Waals surface area contributed by atoms with Gasteiger partial charge in [-0.1, -0.05) is 54.3 Å². The van der Waals surface area contributed by atoms with Crippen LogP contribution in [-0.4, -0.2) is 31.7 Å². The Kier molecular flexibility index (Phi) is 6.68. The van der Waals surface area contributed by atoms with Gasteiger partial charge in [0, 0.05) is 12.6 Å². The van der Waals surface area contributed by atoms with Crippen LogP contribution in [-0.2, 0) is 0 Å². The van der Waals surface area contributed by atoms with Gasteiger partial charge in [-0.3, -0.25) is 0 Å². The zero-order chi connectivity index (χ0) is 20.1. The van der Waals surface area contributed by atoms with Gasteiger partial charge in [0.25, 0.3) is 0 Å². The number of urea groups is 1. The van der Waals surface area contributed by atoms with E-state index in [-0.39, 0.29) is 12.1 Å². The summed E-state index contributed by atoms with van der Waals surface area (Å²) in [6, 6.07) is 11.7. The van der Waals surface area contributed by atoms with Gasteiger partial charge in [-0.25, -0.2) is 4.79 Å². The van der Waals surface area contributed by atoms with Crippen molar-refractivity contribution in [3.8, 4) is 11.5 Å². The lowest BCUT2D eigenvalue weighted by molar-refractivity contribution is 0.189. The maximum absolute atomic E-state index is 13.2. The van der Waals surface area contributed by atoms with Crippen molar-refractivity contribution < 1.29 is 14.3 Å². The maximum Gasteiger partial charge on any atom is 0.322 e. The molecule has 0 aromatic heterocycles. The number of rotatable bonds is 4. The van der Waals surface area contributed by atoms with E-state index in [1.807, 2.05) is 4.90 Å². The molecular weight excluding hydrogens is 376 g/mol. The first kappa shape index (κ1) is 20.3. The Balaban J connectivity index is 1.86. The van der Waals surface area contributed by atoms with Crippen molar-refractivity contribution in [3.05, 3.63) is 52.5 Å². The van der Waals surface area contributed by atoms with Gasteiger partial charge in [0.15, 0.2) is 0 Å². The molecule has 0 bridgehead atoms. The van der Waals surface area contributed by atoms with Crippen LogP contribution in [0.15, 0.2) is 36.4 Å². The Morgan fingerprint density at radius 2 is 1.79 bits per heavy atom. The highest BCUT2D eigenvalue weighted by atomic mass is 35.5. The van der Waals surface area contributed by atoms with Crippen LogP contribution in [0.25, 0.3) is 0 Å². The molecule has 5 nitrogen and oxygen atoms in total. The highest BCUT2D eigenvalue weighted by Crippen LogP contribution is 2.37. The number of nitrogens with one attached hydrogen (secondary N) is 1. The van der Waals surface area contributed by atoms with Gasteiger partial charge in [0.2, 0.25) is 0 Å². The molecule has 1 heterocycles. The second-order valence-corrected chi connectivity index (χ2v) is 7.49. The SMILES string of the molecule is COc1cc(OC)c(NC(=O)N2CCCCC[C@@H]2c2ccc(C)cc2)cc1Cl.